The fraction of sp³-hybridized carbons (Fsp3) is 0.958. The molecule has 0 spiro atoms. The Morgan fingerprint density at radius 1 is 1.03 bits per heavy atom. The number of rotatable bonds is 14. The number of unbranched alkanes of at least 4 members (excludes halogenated alkanes) is 8. The van der Waals surface area contributed by atoms with Crippen LogP contribution < -0.4 is 0 Å². The van der Waals surface area contributed by atoms with Crippen LogP contribution in [0.1, 0.15) is 105 Å². The maximum Gasteiger partial charge on any atom is 0.338 e. The zero-order chi connectivity index (χ0) is 22.0. The van der Waals surface area contributed by atoms with Crippen molar-refractivity contribution in [2.24, 2.45) is 0 Å². The Hall–Kier alpha value is -0.393. The molecule has 1 aliphatic rings. The van der Waals surface area contributed by atoms with Crippen molar-refractivity contribution < 1.29 is 18.7 Å². The molecule has 2 atom stereocenters. The van der Waals surface area contributed by atoms with Crippen molar-refractivity contribution in [3.63, 3.8) is 0 Å². The SMILES string of the molecule is CCCCCCCCCCC[C@]1(C(=O)OC)CC[C@@H](CO[Si](C)(C)C(C)(C)C)O1. The van der Waals surface area contributed by atoms with Gasteiger partial charge in [0.1, 0.15) is 0 Å². The standard InChI is InChI=1S/C24H48O4Si/c1-8-9-10-11-12-13-14-15-16-18-24(22(25)26-5)19-17-21(28-24)20-27-29(6,7)23(2,3)4/h21H,8-20H2,1-7H3/t21-,24+/m0/s1. The molecule has 1 aliphatic heterocycles. The smallest absolute Gasteiger partial charge is 0.338 e. The Morgan fingerprint density at radius 3 is 2.10 bits per heavy atom. The first kappa shape index (κ1) is 26.6. The summed E-state index contributed by atoms with van der Waals surface area (Å²) in [7, 11) is -0.328. The molecule has 0 amide bonds. The normalized spacial score (nSPS) is 22.8. The van der Waals surface area contributed by atoms with Gasteiger partial charge in [0.2, 0.25) is 0 Å². The molecule has 0 unspecified atom stereocenters. The molecule has 4 nitrogen and oxygen atoms in total. The van der Waals surface area contributed by atoms with E-state index >= 15 is 0 Å². The van der Waals surface area contributed by atoms with Gasteiger partial charge in [-0.25, -0.2) is 4.79 Å². The van der Waals surface area contributed by atoms with Crippen molar-refractivity contribution in [3.8, 4) is 0 Å². The number of ether oxygens (including phenoxy) is 2. The molecule has 1 rings (SSSR count). The van der Waals surface area contributed by atoms with Crippen molar-refractivity contribution in [1.82, 2.24) is 0 Å². The molecule has 172 valence electrons. The second-order valence-electron chi connectivity index (χ2n) is 10.4. The van der Waals surface area contributed by atoms with Gasteiger partial charge in [0.05, 0.1) is 19.8 Å². The highest BCUT2D eigenvalue weighted by Crippen LogP contribution is 2.39. The number of hydrogen-bond donors (Lipinski definition) is 0. The quantitative estimate of drug-likeness (QED) is 0.169. The summed E-state index contributed by atoms with van der Waals surface area (Å²) in [4.78, 5) is 12.5. The molecule has 0 aromatic carbocycles. The third-order valence-electron chi connectivity index (χ3n) is 6.94. The lowest BCUT2D eigenvalue weighted by Crippen LogP contribution is -2.44. The minimum atomic E-state index is -1.80. The molecular formula is C24H48O4Si. The Balaban J connectivity index is 2.41. The van der Waals surface area contributed by atoms with E-state index in [0.717, 1.165) is 25.7 Å². The predicted octanol–water partition coefficient (Wildman–Crippen LogP) is 7.02. The van der Waals surface area contributed by atoms with Gasteiger partial charge in [-0.3, -0.25) is 0 Å². The van der Waals surface area contributed by atoms with E-state index in [1.807, 2.05) is 0 Å². The van der Waals surface area contributed by atoms with Crippen LogP contribution in [0.3, 0.4) is 0 Å². The van der Waals surface area contributed by atoms with E-state index in [9.17, 15) is 4.79 Å². The minimum Gasteiger partial charge on any atom is -0.467 e. The van der Waals surface area contributed by atoms with Crippen molar-refractivity contribution in [1.29, 1.82) is 0 Å². The second-order valence-corrected chi connectivity index (χ2v) is 15.2. The van der Waals surface area contributed by atoms with Gasteiger partial charge in [-0.15, -0.1) is 0 Å². The highest BCUT2D eigenvalue weighted by atomic mass is 28.4. The average Bonchev–Trinajstić information content (AvgIpc) is 3.08. The Kier molecular flexibility index (Phi) is 11.4. The fourth-order valence-corrected chi connectivity index (χ4v) is 4.85. The van der Waals surface area contributed by atoms with Gasteiger partial charge in [-0.1, -0.05) is 79.1 Å². The van der Waals surface area contributed by atoms with Crippen LogP contribution in [0, 0.1) is 0 Å². The van der Waals surface area contributed by atoms with E-state index < -0.39 is 13.9 Å². The first-order valence-electron chi connectivity index (χ1n) is 12.0. The Bertz CT molecular complexity index is 472. The van der Waals surface area contributed by atoms with Gasteiger partial charge >= 0.3 is 5.97 Å². The molecule has 0 bridgehead atoms. The summed E-state index contributed by atoms with van der Waals surface area (Å²) >= 11 is 0. The van der Waals surface area contributed by atoms with E-state index in [1.54, 1.807) is 0 Å². The van der Waals surface area contributed by atoms with Crippen LogP contribution in [0.2, 0.25) is 18.1 Å². The highest BCUT2D eigenvalue weighted by molar-refractivity contribution is 6.74. The minimum absolute atomic E-state index is 0.00166. The van der Waals surface area contributed by atoms with Gasteiger partial charge in [-0.05, 0) is 43.8 Å². The topological polar surface area (TPSA) is 44.8 Å². The third-order valence-corrected chi connectivity index (χ3v) is 11.4. The first-order chi connectivity index (χ1) is 13.6. The van der Waals surface area contributed by atoms with E-state index in [-0.39, 0.29) is 17.1 Å². The number of esters is 1. The monoisotopic (exact) mass is 428 g/mol. The average molecular weight is 429 g/mol. The first-order valence-corrected chi connectivity index (χ1v) is 14.9. The second kappa shape index (κ2) is 12.5. The number of carbonyl (C=O) groups excluding carboxylic acids is 1. The molecule has 0 radical (unpaired) electrons. The summed E-state index contributed by atoms with van der Waals surface area (Å²) in [5.41, 5.74) is -0.753. The van der Waals surface area contributed by atoms with Crippen molar-refractivity contribution in [3.05, 3.63) is 0 Å². The van der Waals surface area contributed by atoms with E-state index in [4.69, 9.17) is 13.9 Å². The zero-order valence-corrected chi connectivity index (χ0v) is 21.4. The van der Waals surface area contributed by atoms with Gasteiger partial charge < -0.3 is 13.9 Å². The van der Waals surface area contributed by atoms with Crippen LogP contribution in [0.4, 0.5) is 0 Å². The molecular weight excluding hydrogens is 380 g/mol. The van der Waals surface area contributed by atoms with Crippen LogP contribution in [-0.2, 0) is 18.7 Å². The molecule has 0 N–H and O–H groups in total. The lowest BCUT2D eigenvalue weighted by atomic mass is 9.92. The fourth-order valence-electron chi connectivity index (χ4n) is 3.81. The summed E-state index contributed by atoms with van der Waals surface area (Å²) in [5.74, 6) is -0.202. The van der Waals surface area contributed by atoms with Gasteiger partial charge in [0, 0.05) is 0 Å². The molecule has 0 saturated carbocycles. The van der Waals surface area contributed by atoms with Gasteiger partial charge in [0.25, 0.3) is 0 Å². The molecule has 1 saturated heterocycles. The van der Waals surface area contributed by atoms with Crippen LogP contribution in [0.15, 0.2) is 0 Å². The lowest BCUT2D eigenvalue weighted by Gasteiger charge is -2.37. The summed E-state index contributed by atoms with van der Waals surface area (Å²) in [5, 5.41) is 0.182. The largest absolute Gasteiger partial charge is 0.467 e. The van der Waals surface area contributed by atoms with Crippen LogP contribution in [0.25, 0.3) is 0 Å². The lowest BCUT2D eigenvalue weighted by molar-refractivity contribution is -0.170. The summed E-state index contributed by atoms with van der Waals surface area (Å²) in [6, 6.07) is 0. The van der Waals surface area contributed by atoms with Crippen LogP contribution in [-0.4, -0.2) is 39.7 Å². The van der Waals surface area contributed by atoms with Gasteiger partial charge in [0.15, 0.2) is 13.9 Å². The van der Waals surface area contributed by atoms with E-state index in [0.29, 0.717) is 6.61 Å². The molecule has 0 aromatic heterocycles. The molecule has 29 heavy (non-hydrogen) atoms. The molecule has 1 heterocycles. The highest BCUT2D eigenvalue weighted by Gasteiger charge is 2.48. The van der Waals surface area contributed by atoms with E-state index in [2.05, 4.69) is 40.8 Å². The maximum atomic E-state index is 12.5. The predicted molar refractivity (Wildman–Crippen MR) is 124 cm³/mol. The molecule has 5 heteroatoms. The van der Waals surface area contributed by atoms with Crippen LogP contribution in [0.5, 0.6) is 0 Å². The van der Waals surface area contributed by atoms with E-state index in [1.165, 1.54) is 58.5 Å². The zero-order valence-electron chi connectivity index (χ0n) is 20.4. The molecule has 0 aliphatic carbocycles. The Morgan fingerprint density at radius 2 is 1.59 bits per heavy atom. The Labute approximate surface area is 181 Å². The number of carbonyl (C=O) groups is 1. The molecule has 0 aromatic rings. The van der Waals surface area contributed by atoms with Crippen molar-refractivity contribution >= 4 is 14.3 Å². The third kappa shape index (κ3) is 8.70. The summed E-state index contributed by atoms with van der Waals surface area (Å²) in [6.07, 6.45) is 13.9. The molecule has 1 fully saturated rings. The number of hydrogen-bond acceptors (Lipinski definition) is 4. The summed E-state index contributed by atoms with van der Waals surface area (Å²) in [6.45, 7) is 14.1. The van der Waals surface area contributed by atoms with Crippen molar-refractivity contribution in [2.75, 3.05) is 13.7 Å². The summed E-state index contributed by atoms with van der Waals surface area (Å²) < 4.78 is 17.8. The van der Waals surface area contributed by atoms with Gasteiger partial charge in [-0.2, -0.15) is 0 Å². The number of methoxy groups -OCH3 is 1. The van der Waals surface area contributed by atoms with Crippen molar-refractivity contribution in [2.45, 2.75) is 135 Å². The maximum absolute atomic E-state index is 12.5. The van der Waals surface area contributed by atoms with Crippen LogP contribution >= 0.6 is 0 Å².